The van der Waals surface area contributed by atoms with Crippen molar-refractivity contribution >= 4 is 29.2 Å². The molecule has 0 aliphatic carbocycles. The minimum Gasteiger partial charge on any atom is -0.497 e. The Hall–Kier alpha value is -4.95. The van der Waals surface area contributed by atoms with Gasteiger partial charge in [-0.25, -0.2) is 14.8 Å². The van der Waals surface area contributed by atoms with E-state index in [1.807, 2.05) is 36.4 Å². The first-order valence-electron chi connectivity index (χ1n) is 12.5. The molecule has 0 bridgehead atoms. The number of para-hydroxylation sites is 1. The predicted molar refractivity (Wildman–Crippen MR) is 143 cm³/mol. The van der Waals surface area contributed by atoms with Gasteiger partial charge >= 0.3 is 5.97 Å². The standard InChI is InChI=1S/C31H24N2O6/c1-37-24-18-14-22(15-19-24)32-29(34)26-27(33(39-28(26)30(32)35)23-10-6-3-7-11-23)20-12-16-25(17-13-20)38-31(36)21-8-4-2-5-9-21/h2-19,26-28H,1H3/t26-,27+,28+/m1/s1. The first kappa shape index (κ1) is 24.4. The Labute approximate surface area is 224 Å². The minimum absolute atomic E-state index is 0.349. The highest BCUT2D eigenvalue weighted by Gasteiger charge is 2.60. The number of carbonyl (C=O) groups is 3. The van der Waals surface area contributed by atoms with Gasteiger partial charge in [0.1, 0.15) is 17.4 Å². The number of benzene rings is 4. The van der Waals surface area contributed by atoms with Crippen LogP contribution in [0.1, 0.15) is 22.0 Å². The van der Waals surface area contributed by atoms with E-state index < -0.39 is 29.9 Å². The maximum Gasteiger partial charge on any atom is 0.343 e. The smallest absolute Gasteiger partial charge is 0.343 e. The highest BCUT2D eigenvalue weighted by atomic mass is 16.7. The molecule has 2 saturated heterocycles. The summed E-state index contributed by atoms with van der Waals surface area (Å²) in [5, 5.41) is 1.63. The largest absolute Gasteiger partial charge is 0.497 e. The van der Waals surface area contributed by atoms with Gasteiger partial charge in [0.15, 0.2) is 6.10 Å². The zero-order chi connectivity index (χ0) is 26.9. The van der Waals surface area contributed by atoms with E-state index >= 15 is 0 Å². The SMILES string of the molecule is COc1ccc(N2C(=O)[C@H]3[C@H](ON(c4ccccc4)[C@H]3c3ccc(OC(=O)c4ccccc4)cc3)C2=O)cc1. The summed E-state index contributed by atoms with van der Waals surface area (Å²) in [6.45, 7) is 0. The van der Waals surface area contributed by atoms with Crippen molar-refractivity contribution in [1.82, 2.24) is 0 Å². The Bertz CT molecular complexity index is 1510. The molecule has 8 heteroatoms. The van der Waals surface area contributed by atoms with E-state index in [0.717, 1.165) is 5.56 Å². The summed E-state index contributed by atoms with van der Waals surface area (Å²) in [6.07, 6.45) is -0.986. The molecular weight excluding hydrogens is 496 g/mol. The van der Waals surface area contributed by atoms with Crippen LogP contribution in [0.4, 0.5) is 11.4 Å². The molecule has 4 aromatic rings. The van der Waals surface area contributed by atoms with E-state index in [1.165, 1.54) is 4.90 Å². The molecule has 0 unspecified atom stereocenters. The quantitative estimate of drug-likeness (QED) is 0.202. The number of imide groups is 1. The van der Waals surface area contributed by atoms with Gasteiger partial charge in [-0.2, -0.15) is 0 Å². The third-order valence-corrected chi connectivity index (χ3v) is 6.90. The van der Waals surface area contributed by atoms with Gasteiger partial charge < -0.3 is 9.47 Å². The number of fused-ring (bicyclic) bond motifs is 1. The molecule has 0 radical (unpaired) electrons. The van der Waals surface area contributed by atoms with E-state index in [-0.39, 0.29) is 5.91 Å². The van der Waals surface area contributed by atoms with Crippen LogP contribution in [-0.2, 0) is 14.4 Å². The van der Waals surface area contributed by atoms with Crippen molar-refractivity contribution in [3.8, 4) is 11.5 Å². The number of amides is 2. The number of anilines is 2. The molecule has 0 spiro atoms. The van der Waals surface area contributed by atoms with Crippen LogP contribution in [-0.4, -0.2) is 31.0 Å². The molecule has 6 rings (SSSR count). The molecule has 0 aromatic heterocycles. The Morgan fingerprint density at radius 2 is 1.33 bits per heavy atom. The Balaban J connectivity index is 1.32. The number of ether oxygens (including phenoxy) is 2. The normalized spacial score (nSPS) is 20.2. The van der Waals surface area contributed by atoms with Crippen LogP contribution in [0.3, 0.4) is 0 Å². The minimum atomic E-state index is -0.986. The molecule has 2 aliphatic heterocycles. The number of rotatable bonds is 6. The predicted octanol–water partition coefficient (Wildman–Crippen LogP) is 4.97. The van der Waals surface area contributed by atoms with Crippen LogP contribution >= 0.6 is 0 Å². The number of carbonyl (C=O) groups excluding carboxylic acids is 3. The topological polar surface area (TPSA) is 85.4 Å². The number of hydrogen-bond donors (Lipinski definition) is 0. The third-order valence-electron chi connectivity index (χ3n) is 6.90. The lowest BCUT2D eigenvalue weighted by atomic mass is 9.90. The molecule has 3 atom stereocenters. The molecule has 39 heavy (non-hydrogen) atoms. The van der Waals surface area contributed by atoms with Gasteiger partial charge in [-0.15, -0.1) is 0 Å². The summed E-state index contributed by atoms with van der Waals surface area (Å²) in [7, 11) is 1.55. The van der Waals surface area contributed by atoms with Crippen LogP contribution in [0.25, 0.3) is 0 Å². The fourth-order valence-corrected chi connectivity index (χ4v) is 5.01. The van der Waals surface area contributed by atoms with Gasteiger partial charge in [-0.05, 0) is 66.2 Å². The van der Waals surface area contributed by atoms with Gasteiger partial charge in [-0.1, -0.05) is 48.5 Å². The number of hydroxylamine groups is 1. The summed E-state index contributed by atoms with van der Waals surface area (Å²) in [6, 6.07) is 31.2. The zero-order valence-corrected chi connectivity index (χ0v) is 21.0. The Kier molecular flexibility index (Phi) is 6.30. The van der Waals surface area contributed by atoms with E-state index in [2.05, 4.69) is 0 Å². The lowest BCUT2D eigenvalue weighted by Gasteiger charge is -2.28. The lowest BCUT2D eigenvalue weighted by molar-refractivity contribution is -0.126. The summed E-state index contributed by atoms with van der Waals surface area (Å²) in [5.74, 6) is -1.04. The third kappa shape index (κ3) is 4.41. The van der Waals surface area contributed by atoms with Crippen molar-refractivity contribution in [3.05, 3.63) is 120 Å². The van der Waals surface area contributed by atoms with Crippen LogP contribution in [0.5, 0.6) is 11.5 Å². The number of hydrogen-bond acceptors (Lipinski definition) is 7. The van der Waals surface area contributed by atoms with E-state index in [9.17, 15) is 14.4 Å². The lowest BCUT2D eigenvalue weighted by Crippen LogP contribution is -2.37. The second kappa shape index (κ2) is 10.1. The van der Waals surface area contributed by atoms with E-state index in [0.29, 0.717) is 28.4 Å². The summed E-state index contributed by atoms with van der Waals surface area (Å²) in [5.41, 5.74) is 2.35. The second-order valence-corrected chi connectivity index (χ2v) is 9.19. The van der Waals surface area contributed by atoms with Gasteiger partial charge in [0.05, 0.1) is 30.1 Å². The van der Waals surface area contributed by atoms with Gasteiger partial charge in [-0.3, -0.25) is 14.4 Å². The molecule has 2 aliphatic rings. The Morgan fingerprint density at radius 1 is 0.718 bits per heavy atom. The fourth-order valence-electron chi connectivity index (χ4n) is 5.01. The summed E-state index contributed by atoms with van der Waals surface area (Å²) >= 11 is 0. The Morgan fingerprint density at radius 3 is 1.97 bits per heavy atom. The van der Waals surface area contributed by atoms with Crippen molar-refractivity contribution < 1.29 is 28.7 Å². The van der Waals surface area contributed by atoms with Crippen LogP contribution < -0.4 is 19.4 Å². The maximum atomic E-state index is 13.8. The number of methoxy groups -OCH3 is 1. The molecule has 194 valence electrons. The van der Waals surface area contributed by atoms with E-state index in [4.69, 9.17) is 14.3 Å². The molecular formula is C31H24N2O6. The fraction of sp³-hybridized carbons (Fsp3) is 0.129. The van der Waals surface area contributed by atoms with Gasteiger partial charge in [0, 0.05) is 0 Å². The highest BCUT2D eigenvalue weighted by Crippen LogP contribution is 2.47. The van der Waals surface area contributed by atoms with Crippen molar-refractivity contribution in [3.63, 3.8) is 0 Å². The molecule has 4 aromatic carbocycles. The second-order valence-electron chi connectivity index (χ2n) is 9.19. The van der Waals surface area contributed by atoms with Gasteiger partial charge in [0.2, 0.25) is 5.91 Å². The summed E-state index contributed by atoms with van der Waals surface area (Å²) < 4.78 is 10.7. The monoisotopic (exact) mass is 520 g/mol. The first-order chi connectivity index (χ1) is 19.0. The average molecular weight is 521 g/mol. The average Bonchev–Trinajstić information content (AvgIpc) is 3.50. The molecule has 8 nitrogen and oxygen atoms in total. The van der Waals surface area contributed by atoms with Crippen molar-refractivity contribution in [2.24, 2.45) is 5.92 Å². The van der Waals surface area contributed by atoms with Crippen molar-refractivity contribution in [2.75, 3.05) is 17.1 Å². The molecule has 0 saturated carbocycles. The number of nitrogens with zero attached hydrogens (tertiary/aromatic N) is 2. The van der Waals surface area contributed by atoms with Crippen molar-refractivity contribution in [2.45, 2.75) is 12.1 Å². The zero-order valence-electron chi connectivity index (χ0n) is 21.0. The molecule has 2 fully saturated rings. The van der Waals surface area contributed by atoms with Crippen LogP contribution in [0.2, 0.25) is 0 Å². The van der Waals surface area contributed by atoms with E-state index in [1.54, 1.807) is 85.0 Å². The number of esters is 1. The molecule has 2 heterocycles. The van der Waals surface area contributed by atoms with Gasteiger partial charge in [0.25, 0.3) is 5.91 Å². The maximum absolute atomic E-state index is 13.8. The summed E-state index contributed by atoms with van der Waals surface area (Å²) in [4.78, 5) is 47.1. The van der Waals surface area contributed by atoms with Crippen LogP contribution in [0, 0.1) is 5.92 Å². The first-order valence-corrected chi connectivity index (χ1v) is 12.5. The molecule has 0 N–H and O–H groups in total. The van der Waals surface area contributed by atoms with Crippen molar-refractivity contribution in [1.29, 1.82) is 0 Å². The van der Waals surface area contributed by atoms with Crippen LogP contribution in [0.15, 0.2) is 109 Å². The molecule has 2 amide bonds. The highest BCUT2D eigenvalue weighted by molar-refractivity contribution is 6.24.